The average molecular weight is 400 g/mol. The molecule has 3 aliphatic rings. The van der Waals surface area contributed by atoms with E-state index in [1.807, 2.05) is 18.2 Å². The van der Waals surface area contributed by atoms with Gasteiger partial charge in [0.1, 0.15) is 36.9 Å². The summed E-state index contributed by atoms with van der Waals surface area (Å²) in [4.78, 5) is 11.3. The molecule has 6 heteroatoms. The summed E-state index contributed by atoms with van der Waals surface area (Å²) in [5, 5.41) is 9.27. The first-order chi connectivity index (χ1) is 14.0. The number of carboxylic acid groups (broad SMARTS) is 1. The summed E-state index contributed by atoms with van der Waals surface area (Å²) in [7, 11) is 0. The summed E-state index contributed by atoms with van der Waals surface area (Å²) in [6, 6.07) is 8.03. The highest BCUT2D eigenvalue weighted by atomic mass is 16.6. The van der Waals surface area contributed by atoms with E-state index in [0.29, 0.717) is 19.6 Å². The van der Waals surface area contributed by atoms with Gasteiger partial charge in [-0.05, 0) is 54.0 Å². The Labute approximate surface area is 171 Å². The van der Waals surface area contributed by atoms with Crippen LogP contribution in [-0.4, -0.2) is 49.7 Å². The highest BCUT2D eigenvalue weighted by molar-refractivity contribution is 5.67. The second kappa shape index (κ2) is 8.59. The maximum atomic E-state index is 11.3. The molecule has 1 N–H and O–H groups in total. The molecule has 0 amide bonds. The molecule has 1 aromatic carbocycles. The maximum absolute atomic E-state index is 11.3. The molecule has 4 atom stereocenters. The van der Waals surface area contributed by atoms with E-state index in [2.05, 4.69) is 31.2 Å². The molecule has 1 aromatic rings. The minimum Gasteiger partial charge on any atom is -0.491 e. The van der Waals surface area contributed by atoms with E-state index in [1.54, 1.807) is 0 Å². The molecule has 0 radical (unpaired) electrons. The largest absolute Gasteiger partial charge is 0.491 e. The molecule has 29 heavy (non-hydrogen) atoms. The van der Waals surface area contributed by atoms with E-state index in [1.165, 1.54) is 0 Å². The number of ether oxygens (including phenoxy) is 4. The lowest BCUT2D eigenvalue weighted by molar-refractivity contribution is -0.137. The van der Waals surface area contributed by atoms with E-state index >= 15 is 0 Å². The molecule has 2 heterocycles. The van der Waals surface area contributed by atoms with Crippen LogP contribution in [0.4, 0.5) is 0 Å². The van der Waals surface area contributed by atoms with Crippen molar-refractivity contribution in [3.05, 3.63) is 53.8 Å². The molecule has 0 bridgehead atoms. The number of carbonyl (C=O) groups is 1. The number of hydrogen-bond donors (Lipinski definition) is 1. The number of hydrogen-bond acceptors (Lipinski definition) is 5. The zero-order valence-corrected chi connectivity index (χ0v) is 16.7. The minimum absolute atomic E-state index is 0.129. The van der Waals surface area contributed by atoms with Gasteiger partial charge < -0.3 is 24.1 Å². The van der Waals surface area contributed by atoms with E-state index < -0.39 is 5.97 Å². The number of carboxylic acids is 1. The van der Waals surface area contributed by atoms with Crippen LogP contribution in [0.1, 0.15) is 31.7 Å². The fourth-order valence-corrected chi connectivity index (χ4v) is 3.73. The van der Waals surface area contributed by atoms with E-state index in [9.17, 15) is 9.90 Å². The minimum atomic E-state index is -0.774. The SMILES string of the molecule is CC(CCC(=O)O)(c1ccc(OCC2CO2)cc1)C1C=CC(OCC2CO2)=CC1. The summed E-state index contributed by atoms with van der Waals surface area (Å²) < 4.78 is 21.9. The van der Waals surface area contributed by atoms with Crippen molar-refractivity contribution in [2.45, 2.75) is 43.8 Å². The zero-order chi connectivity index (χ0) is 20.3. The predicted molar refractivity (Wildman–Crippen MR) is 107 cm³/mol. The van der Waals surface area contributed by atoms with Crippen molar-refractivity contribution < 1.29 is 28.8 Å². The molecule has 0 saturated carbocycles. The Morgan fingerprint density at radius 3 is 2.34 bits per heavy atom. The van der Waals surface area contributed by atoms with Crippen LogP contribution in [-0.2, 0) is 24.4 Å². The van der Waals surface area contributed by atoms with Gasteiger partial charge in [0, 0.05) is 6.42 Å². The van der Waals surface area contributed by atoms with Gasteiger partial charge in [-0.25, -0.2) is 0 Å². The van der Waals surface area contributed by atoms with E-state index in [-0.39, 0.29) is 30.0 Å². The number of rotatable bonds is 11. The molecule has 2 aliphatic heterocycles. The van der Waals surface area contributed by atoms with Crippen LogP contribution >= 0.6 is 0 Å². The third-order valence-electron chi connectivity index (χ3n) is 5.93. The molecular weight excluding hydrogens is 372 g/mol. The summed E-state index contributed by atoms with van der Waals surface area (Å²) in [6.45, 7) is 4.86. The van der Waals surface area contributed by atoms with Gasteiger partial charge in [0.25, 0.3) is 0 Å². The fraction of sp³-hybridized carbons (Fsp3) is 0.522. The summed E-state index contributed by atoms with van der Waals surface area (Å²) >= 11 is 0. The molecule has 0 spiro atoms. The standard InChI is InChI=1S/C23H28O6/c1-23(11-10-22(24)25,16-2-6-18(7-3-16)26-12-20-14-28-20)17-4-8-19(9-5-17)27-13-21-15-29-21/h2-4,6-9,17,20-21H,5,10-15H2,1H3,(H,24,25). The third kappa shape index (κ3) is 5.40. The van der Waals surface area contributed by atoms with Crippen molar-refractivity contribution in [2.75, 3.05) is 26.4 Å². The van der Waals surface area contributed by atoms with Crippen LogP contribution < -0.4 is 4.74 Å². The van der Waals surface area contributed by atoms with E-state index in [4.69, 9.17) is 18.9 Å². The molecular formula is C23H28O6. The summed E-state index contributed by atoms with van der Waals surface area (Å²) in [6.07, 6.45) is 8.21. The number of epoxide rings is 2. The predicted octanol–water partition coefficient (Wildman–Crippen LogP) is 3.46. The number of allylic oxidation sites excluding steroid dienone is 3. The highest BCUT2D eigenvalue weighted by Gasteiger charge is 2.35. The Kier molecular flexibility index (Phi) is 5.92. The summed E-state index contributed by atoms with van der Waals surface area (Å²) in [5.41, 5.74) is 0.821. The summed E-state index contributed by atoms with van der Waals surface area (Å²) in [5.74, 6) is 1.09. The van der Waals surface area contributed by atoms with Crippen molar-refractivity contribution >= 4 is 5.97 Å². The van der Waals surface area contributed by atoms with Gasteiger partial charge in [-0.1, -0.05) is 25.1 Å². The van der Waals surface area contributed by atoms with Gasteiger partial charge in [-0.3, -0.25) is 4.79 Å². The number of benzene rings is 1. The highest BCUT2D eigenvalue weighted by Crippen LogP contribution is 2.42. The Bertz CT molecular complexity index is 775. The van der Waals surface area contributed by atoms with E-state index in [0.717, 1.165) is 36.7 Å². The van der Waals surface area contributed by atoms with Gasteiger partial charge in [-0.15, -0.1) is 0 Å². The van der Waals surface area contributed by atoms with Crippen molar-refractivity contribution in [1.82, 2.24) is 0 Å². The van der Waals surface area contributed by atoms with Crippen LogP contribution in [0.15, 0.2) is 48.3 Å². The van der Waals surface area contributed by atoms with Crippen LogP contribution in [0.25, 0.3) is 0 Å². The first-order valence-corrected chi connectivity index (χ1v) is 10.2. The normalized spacial score (nSPS) is 26.9. The monoisotopic (exact) mass is 400 g/mol. The molecule has 4 rings (SSSR count). The Morgan fingerprint density at radius 1 is 1.14 bits per heavy atom. The quantitative estimate of drug-likeness (QED) is 0.573. The second-order valence-corrected chi connectivity index (χ2v) is 8.18. The molecule has 0 aromatic heterocycles. The smallest absolute Gasteiger partial charge is 0.303 e. The van der Waals surface area contributed by atoms with Crippen molar-refractivity contribution in [3.63, 3.8) is 0 Å². The van der Waals surface area contributed by atoms with Crippen molar-refractivity contribution in [2.24, 2.45) is 5.92 Å². The van der Waals surface area contributed by atoms with Gasteiger partial charge >= 0.3 is 5.97 Å². The second-order valence-electron chi connectivity index (χ2n) is 8.18. The third-order valence-corrected chi connectivity index (χ3v) is 5.93. The molecule has 6 nitrogen and oxygen atoms in total. The Hall–Kier alpha value is -2.31. The first-order valence-electron chi connectivity index (χ1n) is 10.2. The van der Waals surface area contributed by atoms with Gasteiger partial charge in [0.2, 0.25) is 0 Å². The zero-order valence-electron chi connectivity index (χ0n) is 16.7. The number of aliphatic carboxylic acids is 1. The van der Waals surface area contributed by atoms with Crippen molar-refractivity contribution in [3.8, 4) is 5.75 Å². The topological polar surface area (TPSA) is 80.8 Å². The Balaban J connectivity index is 1.44. The van der Waals surface area contributed by atoms with Crippen LogP contribution in [0.2, 0.25) is 0 Å². The molecule has 1 aliphatic carbocycles. The average Bonchev–Trinajstić information content (AvgIpc) is 3.64. The van der Waals surface area contributed by atoms with Crippen LogP contribution in [0.3, 0.4) is 0 Å². The van der Waals surface area contributed by atoms with Gasteiger partial charge in [-0.2, -0.15) is 0 Å². The lowest BCUT2D eigenvalue weighted by Gasteiger charge is -2.37. The lowest BCUT2D eigenvalue weighted by atomic mass is 9.66. The van der Waals surface area contributed by atoms with Crippen LogP contribution in [0, 0.1) is 5.92 Å². The van der Waals surface area contributed by atoms with Gasteiger partial charge in [0.15, 0.2) is 0 Å². The Morgan fingerprint density at radius 2 is 1.79 bits per heavy atom. The molecule has 2 saturated heterocycles. The van der Waals surface area contributed by atoms with Crippen LogP contribution in [0.5, 0.6) is 5.75 Å². The lowest BCUT2D eigenvalue weighted by Crippen LogP contribution is -2.32. The molecule has 4 unspecified atom stereocenters. The first kappa shape index (κ1) is 20.0. The van der Waals surface area contributed by atoms with Gasteiger partial charge in [0.05, 0.1) is 13.2 Å². The maximum Gasteiger partial charge on any atom is 0.303 e. The van der Waals surface area contributed by atoms with Crippen molar-refractivity contribution in [1.29, 1.82) is 0 Å². The molecule has 156 valence electrons. The molecule has 2 fully saturated rings. The fourth-order valence-electron chi connectivity index (χ4n) is 3.73.